The second-order valence-electron chi connectivity index (χ2n) is 8.21. The number of anilines is 1. The van der Waals surface area contributed by atoms with Crippen molar-refractivity contribution in [2.75, 3.05) is 4.90 Å². The summed E-state index contributed by atoms with van der Waals surface area (Å²) >= 11 is 1.47. The van der Waals surface area contributed by atoms with E-state index in [9.17, 15) is 14.7 Å². The van der Waals surface area contributed by atoms with Gasteiger partial charge in [-0.25, -0.2) is 0 Å². The molecule has 2 aromatic carbocycles. The molecule has 3 aromatic rings. The predicted octanol–water partition coefficient (Wildman–Crippen LogP) is 5.56. The summed E-state index contributed by atoms with van der Waals surface area (Å²) in [6.07, 6.45) is 4.33. The van der Waals surface area contributed by atoms with Crippen molar-refractivity contribution >= 4 is 34.5 Å². The molecule has 0 spiro atoms. The zero-order chi connectivity index (χ0) is 21.5. The number of amides is 1. The highest BCUT2D eigenvalue weighted by atomic mass is 32.1. The lowest BCUT2D eigenvalue weighted by atomic mass is 9.89. The molecule has 4 nitrogen and oxygen atoms in total. The summed E-state index contributed by atoms with van der Waals surface area (Å²) in [7, 11) is 0. The molecule has 1 saturated heterocycles. The summed E-state index contributed by atoms with van der Waals surface area (Å²) in [5.74, 6) is -1.35. The van der Waals surface area contributed by atoms with Gasteiger partial charge in [-0.1, -0.05) is 30.3 Å². The second kappa shape index (κ2) is 7.82. The van der Waals surface area contributed by atoms with E-state index >= 15 is 0 Å². The fourth-order valence-corrected chi connectivity index (χ4v) is 5.45. The Morgan fingerprint density at radius 1 is 1.00 bits per heavy atom. The number of carbonyl (C=O) groups excluding carboxylic acids is 2. The van der Waals surface area contributed by atoms with Gasteiger partial charge in [0, 0.05) is 16.1 Å². The van der Waals surface area contributed by atoms with Crippen molar-refractivity contribution in [1.82, 2.24) is 0 Å². The van der Waals surface area contributed by atoms with Crippen LogP contribution in [0.1, 0.15) is 46.0 Å². The first kappa shape index (κ1) is 19.8. The molecule has 156 valence electrons. The third-order valence-electron chi connectivity index (χ3n) is 6.16. The van der Waals surface area contributed by atoms with E-state index < -0.39 is 17.7 Å². The summed E-state index contributed by atoms with van der Waals surface area (Å²) in [5.41, 5.74) is 4.94. The minimum atomic E-state index is -0.643. The molecule has 5 heteroatoms. The number of nitrogens with zero attached hydrogens (tertiary/aromatic N) is 1. The van der Waals surface area contributed by atoms with Crippen LogP contribution in [0.5, 0.6) is 0 Å². The van der Waals surface area contributed by atoms with Gasteiger partial charge in [-0.15, -0.1) is 11.3 Å². The Kier molecular flexibility index (Phi) is 4.98. The highest BCUT2D eigenvalue weighted by Crippen LogP contribution is 2.43. The standard InChI is InChI=1S/C26H23NO3S/c1-16-6-4-9-20(14-16)27-23(21-10-5-13-31-21)22(25(29)26(27)30)24(28)19-12-11-17-7-2-3-8-18(17)15-19/h4-6,9-15,23,28H,2-3,7-8H2,1H3/b24-22-. The van der Waals surface area contributed by atoms with E-state index in [1.165, 1.54) is 33.8 Å². The van der Waals surface area contributed by atoms with Crippen molar-refractivity contribution in [3.8, 4) is 0 Å². The normalized spacial score (nSPS) is 20.2. The molecule has 5 rings (SSSR count). The average molecular weight is 430 g/mol. The molecule has 1 N–H and O–H groups in total. The van der Waals surface area contributed by atoms with Crippen LogP contribution in [0.4, 0.5) is 5.69 Å². The number of Topliss-reactive ketones (excluding diaryl/α,β-unsaturated/α-hetero) is 1. The topological polar surface area (TPSA) is 57.6 Å². The van der Waals surface area contributed by atoms with Gasteiger partial charge in [-0.3, -0.25) is 14.5 Å². The summed E-state index contributed by atoms with van der Waals surface area (Å²) < 4.78 is 0. The molecule has 2 heterocycles. The number of rotatable bonds is 3. The first-order valence-electron chi connectivity index (χ1n) is 10.6. The molecular formula is C26H23NO3S. The lowest BCUT2D eigenvalue weighted by Crippen LogP contribution is -2.29. The lowest BCUT2D eigenvalue weighted by molar-refractivity contribution is -0.132. The van der Waals surface area contributed by atoms with Crippen LogP contribution >= 0.6 is 11.3 Å². The zero-order valence-electron chi connectivity index (χ0n) is 17.3. The maximum Gasteiger partial charge on any atom is 0.300 e. The summed E-state index contributed by atoms with van der Waals surface area (Å²) in [6, 6.07) is 16.6. The number of ketones is 1. The molecule has 1 fully saturated rings. The zero-order valence-corrected chi connectivity index (χ0v) is 18.1. The molecule has 0 saturated carbocycles. The first-order chi connectivity index (χ1) is 15.0. The quantitative estimate of drug-likeness (QED) is 0.337. The largest absolute Gasteiger partial charge is 0.507 e. The van der Waals surface area contributed by atoms with E-state index in [0.717, 1.165) is 29.7 Å². The van der Waals surface area contributed by atoms with Crippen LogP contribution in [0.15, 0.2) is 65.6 Å². The van der Waals surface area contributed by atoms with Gasteiger partial charge in [0.25, 0.3) is 11.7 Å². The molecule has 1 atom stereocenters. The van der Waals surface area contributed by atoms with E-state index in [-0.39, 0.29) is 11.3 Å². The summed E-state index contributed by atoms with van der Waals surface area (Å²) in [5, 5.41) is 13.2. The molecule has 31 heavy (non-hydrogen) atoms. The summed E-state index contributed by atoms with van der Waals surface area (Å²) in [4.78, 5) is 28.7. The van der Waals surface area contributed by atoms with Crippen molar-refractivity contribution in [3.05, 3.63) is 92.7 Å². The Morgan fingerprint density at radius 2 is 1.81 bits per heavy atom. The lowest BCUT2D eigenvalue weighted by Gasteiger charge is -2.24. The number of fused-ring (bicyclic) bond motifs is 1. The molecule has 1 unspecified atom stereocenters. The fraction of sp³-hybridized carbons (Fsp3) is 0.231. The molecule has 1 aliphatic heterocycles. The van der Waals surface area contributed by atoms with Gasteiger partial charge in [0.2, 0.25) is 0 Å². The number of hydrogen-bond acceptors (Lipinski definition) is 4. The van der Waals surface area contributed by atoms with Crippen LogP contribution in [0, 0.1) is 6.92 Å². The Bertz CT molecular complexity index is 1210. The number of aliphatic hydroxyl groups excluding tert-OH is 1. The Balaban J connectivity index is 1.68. The number of hydrogen-bond donors (Lipinski definition) is 1. The first-order valence-corrected chi connectivity index (χ1v) is 11.5. The third-order valence-corrected chi connectivity index (χ3v) is 7.08. The number of benzene rings is 2. The van der Waals surface area contributed by atoms with Crippen molar-refractivity contribution in [2.45, 2.75) is 38.6 Å². The number of aryl methyl sites for hydroxylation is 3. The minimum Gasteiger partial charge on any atom is -0.507 e. The monoisotopic (exact) mass is 429 g/mol. The minimum absolute atomic E-state index is 0.0970. The van der Waals surface area contributed by atoms with Crippen LogP contribution in [0.2, 0.25) is 0 Å². The molecule has 2 aliphatic rings. The Labute approximate surface area is 185 Å². The Morgan fingerprint density at radius 3 is 2.55 bits per heavy atom. The second-order valence-corrected chi connectivity index (χ2v) is 9.19. The Hall–Kier alpha value is -3.18. The summed E-state index contributed by atoms with van der Waals surface area (Å²) in [6.45, 7) is 1.95. The van der Waals surface area contributed by atoms with Crippen LogP contribution in [0.25, 0.3) is 5.76 Å². The molecular weight excluding hydrogens is 406 g/mol. The van der Waals surface area contributed by atoms with Gasteiger partial charge < -0.3 is 5.11 Å². The highest BCUT2D eigenvalue weighted by molar-refractivity contribution is 7.10. The highest BCUT2D eigenvalue weighted by Gasteiger charge is 2.47. The number of thiophene rings is 1. The van der Waals surface area contributed by atoms with Crippen molar-refractivity contribution in [1.29, 1.82) is 0 Å². The molecule has 0 bridgehead atoms. The van der Waals surface area contributed by atoms with Crippen LogP contribution in [0.3, 0.4) is 0 Å². The van der Waals surface area contributed by atoms with Crippen molar-refractivity contribution in [3.63, 3.8) is 0 Å². The third kappa shape index (κ3) is 3.39. The number of carbonyl (C=O) groups is 2. The van der Waals surface area contributed by atoms with Gasteiger partial charge in [-0.05, 0) is 78.9 Å². The van der Waals surface area contributed by atoms with Gasteiger partial charge in [0.05, 0.1) is 5.57 Å². The molecule has 1 amide bonds. The maximum atomic E-state index is 13.2. The van der Waals surface area contributed by atoms with E-state index in [2.05, 4.69) is 0 Å². The smallest absolute Gasteiger partial charge is 0.300 e. The average Bonchev–Trinajstić information content (AvgIpc) is 3.40. The van der Waals surface area contributed by atoms with E-state index in [1.54, 1.807) is 0 Å². The van der Waals surface area contributed by atoms with Crippen molar-refractivity contribution < 1.29 is 14.7 Å². The van der Waals surface area contributed by atoms with Crippen LogP contribution < -0.4 is 4.90 Å². The van der Waals surface area contributed by atoms with Gasteiger partial charge in [0.15, 0.2) is 0 Å². The number of aliphatic hydroxyl groups is 1. The van der Waals surface area contributed by atoms with Crippen LogP contribution in [-0.2, 0) is 22.4 Å². The predicted molar refractivity (Wildman–Crippen MR) is 123 cm³/mol. The molecule has 1 aromatic heterocycles. The molecule has 0 radical (unpaired) electrons. The van der Waals surface area contributed by atoms with E-state index in [1.807, 2.05) is 66.9 Å². The van der Waals surface area contributed by atoms with Gasteiger partial charge in [0.1, 0.15) is 11.8 Å². The van der Waals surface area contributed by atoms with Gasteiger partial charge >= 0.3 is 0 Å². The molecule has 1 aliphatic carbocycles. The SMILES string of the molecule is Cc1cccc(N2C(=O)C(=O)/C(=C(\O)c3ccc4c(c3)CCCC4)C2c2cccs2)c1. The van der Waals surface area contributed by atoms with E-state index in [0.29, 0.717) is 11.3 Å². The van der Waals surface area contributed by atoms with E-state index in [4.69, 9.17) is 0 Å². The fourth-order valence-electron chi connectivity index (χ4n) is 4.63. The van der Waals surface area contributed by atoms with Crippen molar-refractivity contribution in [2.24, 2.45) is 0 Å². The maximum absolute atomic E-state index is 13.2. The van der Waals surface area contributed by atoms with Gasteiger partial charge in [-0.2, -0.15) is 0 Å². The van der Waals surface area contributed by atoms with Crippen LogP contribution in [-0.4, -0.2) is 16.8 Å².